The van der Waals surface area contributed by atoms with Crippen LogP contribution in [0, 0.1) is 13.8 Å². The number of carbonyl (C=O) groups is 1. The van der Waals surface area contributed by atoms with Gasteiger partial charge in [-0.1, -0.05) is 12.1 Å². The van der Waals surface area contributed by atoms with Gasteiger partial charge < -0.3 is 55.9 Å². The molecule has 8 rings (SSSR count). The van der Waals surface area contributed by atoms with Gasteiger partial charge in [0.25, 0.3) is 5.97 Å². The molecule has 0 amide bonds. The van der Waals surface area contributed by atoms with E-state index in [0.29, 0.717) is 79.3 Å². The average Bonchev–Trinajstić information content (AvgIpc) is 3.14. The highest BCUT2D eigenvalue weighted by Crippen LogP contribution is 2.56. The molecule has 12 heteroatoms. The summed E-state index contributed by atoms with van der Waals surface area (Å²) >= 11 is 0. The van der Waals surface area contributed by atoms with Gasteiger partial charge in [0.05, 0.1) is 25.0 Å². The average molecular weight is 817 g/mol. The summed E-state index contributed by atoms with van der Waals surface area (Å²) in [6.45, 7) is 13.0. The first-order valence-electron chi connectivity index (χ1n) is 19.9. The van der Waals surface area contributed by atoms with E-state index < -0.39 is 5.97 Å². The van der Waals surface area contributed by atoms with Crippen LogP contribution in [-0.4, -0.2) is 68.0 Å². The molecule has 6 aromatic carbocycles. The van der Waals surface area contributed by atoms with E-state index in [2.05, 4.69) is 24.5 Å². The van der Waals surface area contributed by atoms with E-state index in [4.69, 9.17) is 19.4 Å². The quantitative estimate of drug-likeness (QED) is 0.0800. The molecule has 0 saturated carbocycles. The van der Waals surface area contributed by atoms with E-state index in [-0.39, 0.29) is 69.8 Å². The Morgan fingerprint density at radius 3 is 1.25 bits per heavy atom. The maximum atomic E-state index is 12.5. The van der Waals surface area contributed by atoms with E-state index in [1.165, 1.54) is 26.4 Å². The smallest absolute Gasteiger partial charge is 0.300 e. The van der Waals surface area contributed by atoms with Crippen molar-refractivity contribution in [3.05, 3.63) is 81.9 Å². The number of carboxylic acid groups (broad SMARTS) is 1. The Labute approximate surface area is 348 Å². The normalized spacial score (nSPS) is 18.4. The Balaban J connectivity index is 0.00000130. The van der Waals surface area contributed by atoms with Gasteiger partial charge in [0, 0.05) is 76.6 Å². The summed E-state index contributed by atoms with van der Waals surface area (Å²) in [6, 6.07) is 13.4. The molecule has 0 bridgehead atoms. The molecule has 0 radical (unpaired) electrons. The van der Waals surface area contributed by atoms with Gasteiger partial charge in [0.15, 0.2) is 0 Å². The summed E-state index contributed by atoms with van der Waals surface area (Å²) in [5.74, 6) is -0.646. The molecule has 4 unspecified atom stereocenters. The highest BCUT2D eigenvalue weighted by molar-refractivity contribution is 6.13. The molecule has 12 nitrogen and oxygen atoms in total. The van der Waals surface area contributed by atoms with Crippen molar-refractivity contribution in [2.45, 2.75) is 85.5 Å². The number of aromatic hydroxyl groups is 6. The molecule has 0 spiro atoms. The number of aliphatic carboxylic acids is 1. The van der Waals surface area contributed by atoms with Crippen LogP contribution in [0.4, 0.5) is 0 Å². The molecule has 6 aromatic rings. The topological polar surface area (TPSA) is 201 Å². The lowest BCUT2D eigenvalue weighted by Crippen LogP contribution is -2.36. The largest absolute Gasteiger partial charge is 0.507 e. The van der Waals surface area contributed by atoms with Crippen molar-refractivity contribution in [3.8, 4) is 79.4 Å². The monoisotopic (exact) mass is 816 g/mol. The van der Waals surface area contributed by atoms with Crippen LogP contribution in [0.15, 0.2) is 48.5 Å². The molecule has 2 heterocycles. The number of rotatable bonds is 5. The minimum Gasteiger partial charge on any atom is -0.507 e. The molecule has 2 aliphatic rings. The van der Waals surface area contributed by atoms with E-state index >= 15 is 0 Å². The maximum Gasteiger partial charge on any atom is 0.300 e. The summed E-state index contributed by atoms with van der Waals surface area (Å²) in [7, 11) is 3.06. The fourth-order valence-electron chi connectivity index (χ4n) is 9.60. The summed E-state index contributed by atoms with van der Waals surface area (Å²) < 4.78 is 11.8. The zero-order valence-corrected chi connectivity index (χ0v) is 35.2. The van der Waals surface area contributed by atoms with Crippen LogP contribution in [0.5, 0.6) is 46.0 Å². The van der Waals surface area contributed by atoms with Crippen molar-refractivity contribution < 1.29 is 50.0 Å². The molecular weight excluding hydrogens is 765 g/mol. The first-order chi connectivity index (χ1) is 28.4. The molecule has 60 heavy (non-hydrogen) atoms. The van der Waals surface area contributed by atoms with E-state index in [1.807, 2.05) is 52.0 Å². The second kappa shape index (κ2) is 15.7. The second-order valence-corrected chi connectivity index (χ2v) is 16.3. The number of ether oxygens (including phenoxy) is 2. The standard InChI is InChI=1S/C46H48N2O8.C2H4O2/c1-19-9-25-27(41-31-13-21(3)47-23(5)39(31)33(49)17-35(41)51)15-29(45(53)43(25)37(11-19)55-7)30-16-28(26-10-20(2)12-38(56-8)44(26)46(30)54)42-32-14-22(4)48-24(6)40(32)34(50)18-36(42)52;1-2(3)4/h9-12,15-18,21-24,47-54H,13-14H2,1-8H3;1H3,(H,3,4). The Kier molecular flexibility index (Phi) is 10.9. The van der Waals surface area contributed by atoms with Crippen LogP contribution in [0.1, 0.15) is 80.1 Å². The molecule has 0 fully saturated rings. The van der Waals surface area contributed by atoms with E-state index in [0.717, 1.165) is 29.2 Å². The minimum atomic E-state index is -0.833. The van der Waals surface area contributed by atoms with Gasteiger partial charge in [-0.05, 0) is 123 Å². The van der Waals surface area contributed by atoms with Crippen LogP contribution in [0.3, 0.4) is 0 Å². The molecular formula is C48H52N2O10. The number of phenolic OH excluding ortho intramolecular Hbond substituents is 6. The van der Waals surface area contributed by atoms with Gasteiger partial charge in [-0.15, -0.1) is 0 Å². The fourth-order valence-corrected chi connectivity index (χ4v) is 9.60. The predicted molar refractivity (Wildman–Crippen MR) is 233 cm³/mol. The van der Waals surface area contributed by atoms with Gasteiger partial charge in [-0.3, -0.25) is 4.79 Å². The summed E-state index contributed by atoms with van der Waals surface area (Å²) in [5.41, 5.74) is 7.27. The van der Waals surface area contributed by atoms with E-state index in [1.54, 1.807) is 12.1 Å². The highest BCUT2D eigenvalue weighted by atomic mass is 16.5. The molecule has 9 N–H and O–H groups in total. The third-order valence-electron chi connectivity index (χ3n) is 11.7. The molecule has 0 aliphatic carbocycles. The Morgan fingerprint density at radius 1 is 0.567 bits per heavy atom. The van der Waals surface area contributed by atoms with Crippen LogP contribution in [-0.2, 0) is 17.6 Å². The van der Waals surface area contributed by atoms with Crippen molar-refractivity contribution in [3.63, 3.8) is 0 Å². The first kappa shape index (κ1) is 41.8. The lowest BCUT2D eigenvalue weighted by molar-refractivity contribution is -0.134. The van der Waals surface area contributed by atoms with Crippen molar-refractivity contribution in [2.75, 3.05) is 14.2 Å². The van der Waals surface area contributed by atoms with Gasteiger partial charge in [-0.25, -0.2) is 0 Å². The Hall–Kier alpha value is -6.37. The second-order valence-electron chi connectivity index (χ2n) is 16.3. The number of methoxy groups -OCH3 is 2. The third kappa shape index (κ3) is 6.99. The summed E-state index contributed by atoms with van der Waals surface area (Å²) in [6.07, 6.45) is 1.02. The molecule has 0 saturated heterocycles. The van der Waals surface area contributed by atoms with Crippen LogP contribution in [0.2, 0.25) is 0 Å². The molecule has 314 valence electrons. The molecule has 4 atom stereocenters. The third-order valence-corrected chi connectivity index (χ3v) is 11.7. The first-order valence-corrected chi connectivity index (χ1v) is 19.9. The van der Waals surface area contributed by atoms with Crippen LogP contribution >= 0.6 is 0 Å². The van der Waals surface area contributed by atoms with Gasteiger partial charge in [0.1, 0.15) is 46.0 Å². The van der Waals surface area contributed by atoms with Gasteiger partial charge in [0.2, 0.25) is 0 Å². The zero-order chi connectivity index (χ0) is 43.6. The van der Waals surface area contributed by atoms with Gasteiger partial charge >= 0.3 is 0 Å². The number of fused-ring (bicyclic) bond motifs is 4. The van der Waals surface area contributed by atoms with Crippen molar-refractivity contribution in [1.82, 2.24) is 10.6 Å². The SMILES string of the molecule is CC(=O)O.COc1cc(C)cc2c(-c3c(O)cc(O)c4c3CC(C)NC4C)cc(-c3cc(-c4c(O)cc(O)c5c4CC(C)NC5C)c4cc(C)cc(OC)c4c3O)c(O)c12. The highest BCUT2D eigenvalue weighted by Gasteiger charge is 2.33. The Bertz CT molecular complexity index is 2560. The summed E-state index contributed by atoms with van der Waals surface area (Å²) in [5, 5.41) is 87.1. The van der Waals surface area contributed by atoms with Crippen LogP contribution < -0.4 is 20.1 Å². The van der Waals surface area contributed by atoms with E-state index in [9.17, 15) is 30.6 Å². The minimum absolute atomic E-state index is 0.0136. The van der Waals surface area contributed by atoms with Crippen molar-refractivity contribution >= 4 is 27.5 Å². The number of aryl methyl sites for hydroxylation is 2. The lowest BCUT2D eigenvalue weighted by atomic mass is 9.80. The maximum absolute atomic E-state index is 12.5. The molecule has 2 aliphatic heterocycles. The zero-order valence-electron chi connectivity index (χ0n) is 35.2. The van der Waals surface area contributed by atoms with Crippen molar-refractivity contribution in [1.29, 1.82) is 0 Å². The number of nitrogens with one attached hydrogen (secondary N) is 2. The fraction of sp³-hybridized carbons (Fsp3) is 0.312. The number of hydrogen-bond donors (Lipinski definition) is 9. The summed E-state index contributed by atoms with van der Waals surface area (Å²) in [4.78, 5) is 9.00. The molecule has 0 aromatic heterocycles. The number of carboxylic acids is 1. The van der Waals surface area contributed by atoms with Crippen LogP contribution in [0.25, 0.3) is 54.9 Å². The lowest BCUT2D eigenvalue weighted by Gasteiger charge is -2.32. The van der Waals surface area contributed by atoms with Crippen molar-refractivity contribution in [2.24, 2.45) is 0 Å². The number of phenols is 6. The predicted octanol–water partition coefficient (Wildman–Crippen LogP) is 9.14. The number of benzene rings is 6. The number of hydrogen-bond acceptors (Lipinski definition) is 11. The van der Waals surface area contributed by atoms with Gasteiger partial charge in [-0.2, -0.15) is 0 Å². The Morgan fingerprint density at radius 2 is 0.917 bits per heavy atom.